The number of carbonyl (C=O) groups excluding carboxylic acids is 1. The summed E-state index contributed by atoms with van der Waals surface area (Å²) in [6.45, 7) is 0. The van der Waals surface area contributed by atoms with Crippen molar-refractivity contribution in [2.75, 3.05) is 5.32 Å². The molecule has 2 aromatic rings. The van der Waals surface area contributed by atoms with Crippen LogP contribution in [-0.2, 0) is 0 Å². The average molecular weight is 317 g/mol. The number of hydrogen-bond donors (Lipinski definition) is 2. The lowest BCUT2D eigenvalue weighted by atomic mass is 10.3. The highest BCUT2D eigenvalue weighted by atomic mass is 35.5. The number of aromatic carboxylic acids is 1. The van der Waals surface area contributed by atoms with Gasteiger partial charge in [0.2, 0.25) is 0 Å². The number of aromatic nitrogens is 1. The Morgan fingerprint density at radius 2 is 1.84 bits per heavy atom. The lowest BCUT2D eigenvalue weighted by molar-refractivity contribution is 0.0691. The number of rotatable bonds is 3. The Hall–Kier alpha value is -1.63. The van der Waals surface area contributed by atoms with Gasteiger partial charge in [0.1, 0.15) is 0 Å². The van der Waals surface area contributed by atoms with Crippen LogP contribution in [0.3, 0.4) is 0 Å². The van der Waals surface area contributed by atoms with Gasteiger partial charge in [-0.3, -0.25) is 4.79 Å². The molecule has 1 aromatic carbocycles. The van der Waals surface area contributed by atoms with E-state index in [1.165, 1.54) is 23.6 Å². The molecule has 0 aliphatic carbocycles. The first-order valence-electron chi connectivity index (χ1n) is 4.92. The van der Waals surface area contributed by atoms with Crippen molar-refractivity contribution in [3.05, 3.63) is 44.3 Å². The van der Waals surface area contributed by atoms with Gasteiger partial charge in [0.25, 0.3) is 5.91 Å². The topological polar surface area (TPSA) is 79.3 Å². The van der Waals surface area contributed by atoms with Crippen molar-refractivity contribution in [1.82, 2.24) is 4.98 Å². The number of hydrogen-bond acceptors (Lipinski definition) is 4. The van der Waals surface area contributed by atoms with Gasteiger partial charge in [-0.15, -0.1) is 11.3 Å². The van der Waals surface area contributed by atoms with Crippen LogP contribution in [0.5, 0.6) is 0 Å². The third-order valence-electron chi connectivity index (χ3n) is 2.04. The van der Waals surface area contributed by atoms with Crippen LogP contribution < -0.4 is 5.32 Å². The third-order valence-corrected chi connectivity index (χ3v) is 3.32. The fourth-order valence-electron chi connectivity index (χ4n) is 1.29. The quantitative estimate of drug-likeness (QED) is 0.909. The summed E-state index contributed by atoms with van der Waals surface area (Å²) in [5.74, 6) is -1.70. The zero-order valence-electron chi connectivity index (χ0n) is 9.18. The van der Waals surface area contributed by atoms with Crippen molar-refractivity contribution < 1.29 is 14.7 Å². The molecule has 5 nitrogen and oxygen atoms in total. The summed E-state index contributed by atoms with van der Waals surface area (Å²) in [7, 11) is 0. The molecule has 19 heavy (non-hydrogen) atoms. The van der Waals surface area contributed by atoms with Gasteiger partial charge in [-0.2, -0.15) is 0 Å². The van der Waals surface area contributed by atoms with Gasteiger partial charge in [0, 0.05) is 21.1 Å². The number of halogens is 2. The van der Waals surface area contributed by atoms with Crippen molar-refractivity contribution in [1.29, 1.82) is 0 Å². The second kappa shape index (κ2) is 5.56. The highest BCUT2D eigenvalue weighted by molar-refractivity contribution is 7.12. The minimum Gasteiger partial charge on any atom is -0.476 e. The van der Waals surface area contributed by atoms with Crippen LogP contribution in [0.4, 0.5) is 5.69 Å². The zero-order valence-corrected chi connectivity index (χ0v) is 11.5. The molecule has 0 unspecified atom stereocenters. The van der Waals surface area contributed by atoms with Gasteiger partial charge in [0.15, 0.2) is 10.7 Å². The third kappa shape index (κ3) is 3.44. The molecule has 8 heteroatoms. The SMILES string of the molecule is O=C(O)c1csc(C(=O)Nc2cc(Cl)cc(Cl)c2)n1. The summed E-state index contributed by atoms with van der Waals surface area (Å²) in [5, 5.41) is 13.4. The molecule has 2 rings (SSSR count). The van der Waals surface area contributed by atoms with Crippen molar-refractivity contribution in [2.24, 2.45) is 0 Å². The highest BCUT2D eigenvalue weighted by Gasteiger charge is 2.15. The molecule has 1 heterocycles. The van der Waals surface area contributed by atoms with Gasteiger partial charge in [-0.05, 0) is 18.2 Å². The maximum absolute atomic E-state index is 11.8. The van der Waals surface area contributed by atoms with E-state index in [1.54, 1.807) is 0 Å². The van der Waals surface area contributed by atoms with Crippen molar-refractivity contribution in [3.8, 4) is 0 Å². The van der Waals surface area contributed by atoms with Crippen LogP contribution in [0, 0.1) is 0 Å². The fourth-order valence-corrected chi connectivity index (χ4v) is 2.50. The molecule has 98 valence electrons. The summed E-state index contributed by atoms with van der Waals surface area (Å²) in [5.41, 5.74) is 0.244. The second-order valence-electron chi connectivity index (χ2n) is 3.46. The maximum Gasteiger partial charge on any atom is 0.355 e. The molecule has 0 fully saturated rings. The molecular weight excluding hydrogens is 311 g/mol. The Bertz CT molecular complexity index is 637. The standard InChI is InChI=1S/C11H6Cl2N2O3S/c12-5-1-6(13)3-7(2-5)14-9(16)10-15-8(4-19-10)11(17)18/h1-4H,(H,14,16)(H,17,18). The number of anilines is 1. The van der Waals surface area contributed by atoms with Crippen LogP contribution in [0.2, 0.25) is 10.0 Å². The number of carboxylic acid groups (broad SMARTS) is 1. The lowest BCUT2D eigenvalue weighted by Gasteiger charge is -2.04. The van der Waals surface area contributed by atoms with Crippen LogP contribution in [0.15, 0.2) is 23.6 Å². The molecule has 0 saturated carbocycles. The number of benzene rings is 1. The molecule has 0 aliphatic heterocycles. The molecule has 2 N–H and O–H groups in total. The van der Waals surface area contributed by atoms with Gasteiger partial charge >= 0.3 is 5.97 Å². The summed E-state index contributed by atoms with van der Waals surface area (Å²) in [6, 6.07) is 4.58. The Labute approximate surface area is 121 Å². The number of nitrogens with zero attached hydrogens (tertiary/aromatic N) is 1. The molecule has 1 amide bonds. The first kappa shape index (κ1) is 13.8. The van der Waals surface area contributed by atoms with Gasteiger partial charge in [0.05, 0.1) is 0 Å². The Balaban J connectivity index is 2.18. The molecule has 0 radical (unpaired) electrons. The predicted octanol–water partition coefficient (Wildman–Crippen LogP) is 3.40. The van der Waals surface area contributed by atoms with E-state index in [2.05, 4.69) is 10.3 Å². The van der Waals surface area contributed by atoms with Gasteiger partial charge in [-0.1, -0.05) is 23.2 Å². The normalized spacial score (nSPS) is 10.2. The lowest BCUT2D eigenvalue weighted by Crippen LogP contribution is -2.12. The van der Waals surface area contributed by atoms with Gasteiger partial charge in [-0.25, -0.2) is 9.78 Å². The monoisotopic (exact) mass is 316 g/mol. The van der Waals surface area contributed by atoms with Crippen LogP contribution in [0.1, 0.15) is 20.3 Å². The van der Waals surface area contributed by atoms with Crippen LogP contribution in [0.25, 0.3) is 0 Å². The molecule has 0 spiro atoms. The van der Waals surface area contributed by atoms with Crippen LogP contribution in [-0.4, -0.2) is 22.0 Å². The van der Waals surface area contributed by atoms with E-state index >= 15 is 0 Å². The Morgan fingerprint density at radius 3 is 2.37 bits per heavy atom. The van der Waals surface area contributed by atoms with E-state index in [0.29, 0.717) is 15.7 Å². The maximum atomic E-state index is 11.8. The molecular formula is C11H6Cl2N2O3S. The van der Waals surface area contributed by atoms with E-state index in [0.717, 1.165) is 11.3 Å². The molecule has 0 saturated heterocycles. The molecule has 1 aromatic heterocycles. The Morgan fingerprint density at radius 1 is 1.21 bits per heavy atom. The van der Waals surface area contributed by atoms with Crippen molar-refractivity contribution >= 4 is 52.1 Å². The Kier molecular flexibility index (Phi) is 4.04. The van der Waals surface area contributed by atoms with Crippen molar-refractivity contribution in [3.63, 3.8) is 0 Å². The average Bonchev–Trinajstić information content (AvgIpc) is 2.76. The minimum atomic E-state index is -1.18. The predicted molar refractivity (Wildman–Crippen MR) is 73.5 cm³/mol. The zero-order chi connectivity index (χ0) is 14.0. The first-order valence-corrected chi connectivity index (χ1v) is 6.55. The number of thiazole rings is 1. The largest absolute Gasteiger partial charge is 0.476 e. The smallest absolute Gasteiger partial charge is 0.355 e. The highest BCUT2D eigenvalue weighted by Crippen LogP contribution is 2.23. The summed E-state index contributed by atoms with van der Waals surface area (Å²) in [4.78, 5) is 26.2. The fraction of sp³-hybridized carbons (Fsp3) is 0. The van der Waals surface area contributed by atoms with E-state index in [4.69, 9.17) is 28.3 Å². The van der Waals surface area contributed by atoms with Crippen LogP contribution >= 0.6 is 34.5 Å². The second-order valence-corrected chi connectivity index (χ2v) is 5.19. The first-order chi connectivity index (χ1) is 8.95. The summed E-state index contributed by atoms with van der Waals surface area (Å²) < 4.78 is 0. The molecule has 0 atom stereocenters. The number of amides is 1. The summed E-state index contributed by atoms with van der Waals surface area (Å²) in [6.07, 6.45) is 0. The molecule has 0 aliphatic rings. The minimum absolute atomic E-state index is 0.0495. The van der Waals surface area contributed by atoms with E-state index in [-0.39, 0.29) is 10.7 Å². The van der Waals surface area contributed by atoms with E-state index in [9.17, 15) is 9.59 Å². The number of nitrogens with one attached hydrogen (secondary N) is 1. The van der Waals surface area contributed by atoms with E-state index < -0.39 is 11.9 Å². The van der Waals surface area contributed by atoms with Crippen molar-refractivity contribution in [2.45, 2.75) is 0 Å². The summed E-state index contributed by atoms with van der Waals surface area (Å²) >= 11 is 12.5. The molecule has 0 bridgehead atoms. The number of carbonyl (C=O) groups is 2. The van der Waals surface area contributed by atoms with E-state index in [1.807, 2.05) is 0 Å². The number of carboxylic acids is 1. The van der Waals surface area contributed by atoms with Gasteiger partial charge < -0.3 is 10.4 Å².